The topological polar surface area (TPSA) is 140 Å². The van der Waals surface area contributed by atoms with Crippen molar-refractivity contribution in [2.45, 2.75) is 37.1 Å². The summed E-state index contributed by atoms with van der Waals surface area (Å²) in [6, 6.07) is 1.64. The van der Waals surface area contributed by atoms with E-state index in [4.69, 9.17) is 5.11 Å². The minimum atomic E-state index is -3.84. The molecule has 0 spiro atoms. The van der Waals surface area contributed by atoms with E-state index < -0.39 is 32.8 Å². The zero-order chi connectivity index (χ0) is 16.0. The number of nitro groups is 1. The van der Waals surface area contributed by atoms with Crippen molar-refractivity contribution < 1.29 is 23.2 Å². The van der Waals surface area contributed by atoms with Gasteiger partial charge in [-0.3, -0.25) is 4.79 Å². The predicted octanol–water partition coefficient (Wildman–Crippen LogP) is 0.911. The van der Waals surface area contributed by atoms with E-state index in [1.165, 1.54) is 0 Å². The summed E-state index contributed by atoms with van der Waals surface area (Å²) < 4.78 is 26.3. The van der Waals surface area contributed by atoms with Crippen LogP contribution >= 0.6 is 0 Å². The molecule has 0 radical (unpaired) electrons. The lowest BCUT2D eigenvalue weighted by atomic mass is 10.1. The first-order chi connectivity index (χ1) is 9.72. The lowest BCUT2D eigenvalue weighted by Crippen LogP contribution is -2.32. The molecule has 0 bridgehead atoms. The number of aromatic nitrogens is 1. The Labute approximate surface area is 121 Å². The molecule has 9 nitrogen and oxygen atoms in total. The van der Waals surface area contributed by atoms with Gasteiger partial charge in [-0.1, -0.05) is 0 Å². The van der Waals surface area contributed by atoms with Crippen molar-refractivity contribution in [2.24, 2.45) is 0 Å². The average molecular weight is 317 g/mol. The quantitative estimate of drug-likeness (QED) is 0.536. The van der Waals surface area contributed by atoms with Gasteiger partial charge < -0.3 is 15.2 Å². The maximum Gasteiger partial charge on any atom is 0.363 e. The number of sulfonamides is 1. The molecule has 1 heterocycles. The van der Waals surface area contributed by atoms with Gasteiger partial charge in [0.15, 0.2) is 6.20 Å². The molecule has 21 heavy (non-hydrogen) atoms. The van der Waals surface area contributed by atoms with Crippen molar-refractivity contribution >= 4 is 21.8 Å². The molecule has 0 saturated carbocycles. The summed E-state index contributed by atoms with van der Waals surface area (Å²) >= 11 is 0. The fourth-order valence-electron chi connectivity index (χ4n) is 1.59. The van der Waals surface area contributed by atoms with Crippen molar-refractivity contribution in [3.63, 3.8) is 0 Å². The van der Waals surface area contributed by atoms with Gasteiger partial charge in [0.2, 0.25) is 10.0 Å². The predicted molar refractivity (Wildman–Crippen MR) is 72.2 cm³/mol. The van der Waals surface area contributed by atoms with Crippen LogP contribution in [-0.4, -0.2) is 35.4 Å². The maximum absolute atomic E-state index is 12.0. The van der Waals surface area contributed by atoms with Crippen LogP contribution in [0.1, 0.15) is 26.2 Å². The molecule has 1 aromatic heterocycles. The molecule has 2 N–H and O–H groups in total. The van der Waals surface area contributed by atoms with Crippen LogP contribution in [0.15, 0.2) is 23.2 Å². The van der Waals surface area contributed by atoms with Crippen molar-refractivity contribution in [2.75, 3.05) is 0 Å². The fraction of sp³-hybridized carbons (Fsp3) is 0.455. The molecule has 1 aromatic rings. The Balaban J connectivity index is 2.68. The molecular weight excluding hydrogens is 302 g/mol. The number of carbonyl (C=O) groups is 1. The first-order valence-electron chi connectivity index (χ1n) is 6.07. The Morgan fingerprint density at radius 1 is 1.52 bits per heavy atom. The van der Waals surface area contributed by atoms with Crippen molar-refractivity contribution in [3.05, 3.63) is 28.4 Å². The summed E-state index contributed by atoms with van der Waals surface area (Å²) in [6.07, 6.45) is 1.58. The zero-order valence-electron chi connectivity index (χ0n) is 11.2. The number of carboxylic acids is 1. The number of hydrogen-bond acceptors (Lipinski definition) is 6. The Morgan fingerprint density at radius 3 is 2.67 bits per heavy atom. The first-order valence-corrected chi connectivity index (χ1v) is 7.55. The van der Waals surface area contributed by atoms with Gasteiger partial charge in [0.25, 0.3) is 0 Å². The fourth-order valence-corrected chi connectivity index (χ4v) is 2.81. The molecule has 116 valence electrons. The number of nitrogens with zero attached hydrogens (tertiary/aromatic N) is 2. The van der Waals surface area contributed by atoms with E-state index in [0.717, 1.165) is 18.3 Å². The van der Waals surface area contributed by atoms with Crippen LogP contribution < -0.4 is 4.72 Å². The van der Waals surface area contributed by atoms with Crippen molar-refractivity contribution in [1.29, 1.82) is 0 Å². The molecular formula is C11H15N3O6S. The van der Waals surface area contributed by atoms with E-state index in [1.807, 2.05) is 0 Å². The van der Waals surface area contributed by atoms with E-state index in [-0.39, 0.29) is 11.3 Å². The molecule has 1 rings (SSSR count). The normalized spacial score (nSPS) is 12.8. The molecule has 0 aromatic carbocycles. The average Bonchev–Trinajstić information content (AvgIpc) is 2.37. The molecule has 0 saturated heterocycles. The largest absolute Gasteiger partial charge is 0.481 e. The van der Waals surface area contributed by atoms with Crippen LogP contribution in [0.25, 0.3) is 0 Å². The van der Waals surface area contributed by atoms with Gasteiger partial charge in [0.05, 0.1) is 0 Å². The van der Waals surface area contributed by atoms with Gasteiger partial charge in [0.1, 0.15) is 4.90 Å². The Hall–Kier alpha value is -2.07. The molecule has 0 aliphatic heterocycles. The third kappa shape index (κ3) is 5.44. The lowest BCUT2D eigenvalue weighted by Gasteiger charge is -2.12. The third-order valence-electron chi connectivity index (χ3n) is 2.60. The summed E-state index contributed by atoms with van der Waals surface area (Å²) in [7, 11) is -3.84. The van der Waals surface area contributed by atoms with Crippen LogP contribution in [0, 0.1) is 10.1 Å². The van der Waals surface area contributed by atoms with E-state index >= 15 is 0 Å². The van der Waals surface area contributed by atoms with E-state index in [0.29, 0.717) is 12.8 Å². The zero-order valence-corrected chi connectivity index (χ0v) is 12.0. The van der Waals surface area contributed by atoms with Gasteiger partial charge in [-0.25, -0.2) is 13.1 Å². The second kappa shape index (κ2) is 7.09. The number of nitrogens with one attached hydrogen (secondary N) is 1. The summed E-state index contributed by atoms with van der Waals surface area (Å²) in [5.41, 5.74) is 0. The van der Waals surface area contributed by atoms with Crippen LogP contribution in [0.2, 0.25) is 0 Å². The van der Waals surface area contributed by atoms with Gasteiger partial charge >= 0.3 is 11.8 Å². The minimum Gasteiger partial charge on any atom is -0.481 e. The number of hydrogen-bond donors (Lipinski definition) is 2. The summed E-state index contributed by atoms with van der Waals surface area (Å²) in [6.45, 7) is 1.61. The van der Waals surface area contributed by atoms with Crippen LogP contribution in [0.4, 0.5) is 5.82 Å². The number of carboxylic acid groups (broad SMARTS) is 1. The highest BCUT2D eigenvalue weighted by Crippen LogP contribution is 2.13. The lowest BCUT2D eigenvalue weighted by molar-refractivity contribution is -0.389. The highest BCUT2D eigenvalue weighted by Gasteiger charge is 2.20. The van der Waals surface area contributed by atoms with Crippen LogP contribution in [-0.2, 0) is 14.8 Å². The van der Waals surface area contributed by atoms with E-state index in [2.05, 4.69) is 9.71 Å². The van der Waals surface area contributed by atoms with Crippen LogP contribution in [0.3, 0.4) is 0 Å². The molecule has 0 fully saturated rings. The van der Waals surface area contributed by atoms with Gasteiger partial charge in [0, 0.05) is 18.5 Å². The molecule has 0 amide bonds. The summed E-state index contributed by atoms with van der Waals surface area (Å²) in [4.78, 5) is 23.4. The summed E-state index contributed by atoms with van der Waals surface area (Å²) in [5.74, 6) is -1.38. The van der Waals surface area contributed by atoms with Gasteiger partial charge in [-0.2, -0.15) is 0 Å². The second-order valence-corrected chi connectivity index (χ2v) is 6.13. The maximum atomic E-state index is 12.0. The first kappa shape index (κ1) is 17.0. The van der Waals surface area contributed by atoms with Gasteiger partial charge in [-0.05, 0) is 35.7 Å². The van der Waals surface area contributed by atoms with Crippen LogP contribution in [0.5, 0.6) is 0 Å². The molecule has 1 unspecified atom stereocenters. The molecule has 10 heteroatoms. The van der Waals surface area contributed by atoms with Crippen molar-refractivity contribution in [3.8, 4) is 0 Å². The number of aliphatic carboxylic acids is 1. The highest BCUT2D eigenvalue weighted by atomic mass is 32.2. The Bertz CT molecular complexity index is 613. The van der Waals surface area contributed by atoms with E-state index in [9.17, 15) is 23.3 Å². The van der Waals surface area contributed by atoms with E-state index in [1.54, 1.807) is 6.92 Å². The standard InChI is InChI=1S/C11H15N3O6S/c1-8(3-2-4-11(15)16)13-21(19,20)9-5-6-10(12-7-9)14(17)18/h5-8,13H,2-4H2,1H3,(H,15,16). The Kier molecular flexibility index (Phi) is 5.73. The van der Waals surface area contributed by atoms with Crippen molar-refractivity contribution in [1.82, 2.24) is 9.71 Å². The highest BCUT2D eigenvalue weighted by molar-refractivity contribution is 7.89. The summed E-state index contributed by atoms with van der Waals surface area (Å²) in [5, 5.41) is 18.9. The molecule has 0 aliphatic rings. The molecule has 1 atom stereocenters. The second-order valence-electron chi connectivity index (χ2n) is 4.42. The smallest absolute Gasteiger partial charge is 0.363 e. The number of rotatable bonds is 8. The monoisotopic (exact) mass is 317 g/mol. The SMILES string of the molecule is CC(CCCC(=O)O)NS(=O)(=O)c1ccc([N+](=O)[O-])nc1. The minimum absolute atomic E-state index is 0.0366. The Morgan fingerprint density at radius 2 is 2.19 bits per heavy atom. The number of pyridine rings is 1. The molecule has 0 aliphatic carbocycles. The third-order valence-corrected chi connectivity index (χ3v) is 4.18. The van der Waals surface area contributed by atoms with Gasteiger partial charge in [-0.15, -0.1) is 0 Å².